The lowest BCUT2D eigenvalue weighted by Crippen LogP contribution is -2.27. The van der Waals surface area contributed by atoms with Crippen molar-refractivity contribution in [3.05, 3.63) is 47.4 Å². The topological polar surface area (TPSA) is 66.8 Å². The zero-order valence-electron chi connectivity index (χ0n) is 11.5. The highest BCUT2D eigenvalue weighted by Gasteiger charge is 2.30. The highest BCUT2D eigenvalue weighted by Crippen LogP contribution is 2.32. The van der Waals surface area contributed by atoms with Gasteiger partial charge in [-0.05, 0) is 23.8 Å². The third-order valence-corrected chi connectivity index (χ3v) is 4.10. The Kier molecular flexibility index (Phi) is 5.35. The van der Waals surface area contributed by atoms with Gasteiger partial charge in [-0.15, -0.1) is 6.58 Å². The van der Waals surface area contributed by atoms with Crippen molar-refractivity contribution in [3.63, 3.8) is 0 Å². The van der Waals surface area contributed by atoms with Crippen molar-refractivity contribution in [2.75, 3.05) is 13.2 Å². The standard InChI is InChI=1S/C15H13NO4S2/c1-2-7-16-14(19)12(22-15(16)21)8-10-3-5-11(6-4-10)20-9-13(17)18/h2-6,8H,1,7,9H2,(H,17,18). The molecule has 22 heavy (non-hydrogen) atoms. The van der Waals surface area contributed by atoms with Crippen LogP contribution in [0.3, 0.4) is 0 Å². The second-order valence-corrected chi connectivity index (χ2v) is 6.01. The van der Waals surface area contributed by atoms with Gasteiger partial charge in [0.15, 0.2) is 6.61 Å². The normalized spacial score (nSPS) is 16.2. The molecule has 0 bridgehead atoms. The summed E-state index contributed by atoms with van der Waals surface area (Å²) in [6, 6.07) is 6.80. The number of benzene rings is 1. The number of hydrogen-bond donors (Lipinski definition) is 1. The molecule has 0 spiro atoms. The fourth-order valence-corrected chi connectivity index (χ4v) is 3.02. The maximum Gasteiger partial charge on any atom is 0.341 e. The van der Waals surface area contributed by atoms with E-state index in [0.29, 0.717) is 21.5 Å². The molecule has 0 aromatic heterocycles. The lowest BCUT2D eigenvalue weighted by molar-refractivity contribution is -0.139. The molecule has 0 radical (unpaired) electrons. The largest absolute Gasteiger partial charge is 0.482 e. The average molecular weight is 335 g/mol. The zero-order chi connectivity index (χ0) is 16.1. The van der Waals surface area contributed by atoms with Crippen LogP contribution in [0.5, 0.6) is 5.75 Å². The van der Waals surface area contributed by atoms with E-state index in [1.54, 1.807) is 36.4 Å². The van der Waals surface area contributed by atoms with Crippen molar-refractivity contribution in [2.45, 2.75) is 0 Å². The number of rotatable bonds is 6. The molecule has 0 saturated carbocycles. The summed E-state index contributed by atoms with van der Waals surface area (Å²) in [4.78, 5) is 24.6. The van der Waals surface area contributed by atoms with Gasteiger partial charge in [-0.2, -0.15) is 0 Å². The van der Waals surface area contributed by atoms with Gasteiger partial charge in [0.25, 0.3) is 5.91 Å². The van der Waals surface area contributed by atoms with Crippen LogP contribution in [-0.2, 0) is 9.59 Å². The molecule has 1 aliphatic rings. The van der Waals surface area contributed by atoms with Gasteiger partial charge in [0, 0.05) is 6.54 Å². The van der Waals surface area contributed by atoms with Gasteiger partial charge in [0.2, 0.25) is 0 Å². The summed E-state index contributed by atoms with van der Waals surface area (Å²) in [6.45, 7) is 3.61. The van der Waals surface area contributed by atoms with Crippen molar-refractivity contribution >= 4 is 46.3 Å². The summed E-state index contributed by atoms with van der Waals surface area (Å²) in [5.74, 6) is -0.713. The van der Waals surface area contributed by atoms with Crippen LogP contribution >= 0.6 is 24.0 Å². The van der Waals surface area contributed by atoms with E-state index in [4.69, 9.17) is 22.1 Å². The maximum atomic E-state index is 12.2. The first-order valence-electron chi connectivity index (χ1n) is 6.32. The molecule has 0 unspecified atom stereocenters. The Labute approximate surface area is 137 Å². The van der Waals surface area contributed by atoms with E-state index < -0.39 is 5.97 Å². The predicted molar refractivity (Wildman–Crippen MR) is 89.6 cm³/mol. The van der Waals surface area contributed by atoms with Crippen molar-refractivity contribution in [2.24, 2.45) is 0 Å². The van der Waals surface area contributed by atoms with E-state index >= 15 is 0 Å². The zero-order valence-corrected chi connectivity index (χ0v) is 13.2. The minimum absolute atomic E-state index is 0.138. The molecule has 1 aromatic carbocycles. The van der Waals surface area contributed by atoms with Gasteiger partial charge < -0.3 is 9.84 Å². The maximum absolute atomic E-state index is 12.2. The van der Waals surface area contributed by atoms with Gasteiger partial charge in [0.05, 0.1) is 4.91 Å². The SMILES string of the molecule is C=CCN1C(=O)C(=Cc2ccc(OCC(=O)O)cc2)SC1=S. The summed E-state index contributed by atoms with van der Waals surface area (Å²) in [7, 11) is 0. The van der Waals surface area contributed by atoms with Crippen LogP contribution in [0.25, 0.3) is 6.08 Å². The number of hydrogen-bond acceptors (Lipinski definition) is 5. The molecule has 1 saturated heterocycles. The van der Waals surface area contributed by atoms with Gasteiger partial charge in [-0.25, -0.2) is 4.79 Å². The number of carboxylic acids is 1. The molecular formula is C15H13NO4S2. The van der Waals surface area contributed by atoms with E-state index in [2.05, 4.69) is 6.58 Å². The van der Waals surface area contributed by atoms with Crippen LogP contribution in [-0.4, -0.2) is 39.4 Å². The third kappa shape index (κ3) is 3.96. The molecule has 1 N–H and O–H groups in total. The number of carbonyl (C=O) groups excluding carboxylic acids is 1. The minimum atomic E-state index is -1.03. The number of ether oxygens (including phenoxy) is 1. The third-order valence-electron chi connectivity index (χ3n) is 2.73. The summed E-state index contributed by atoms with van der Waals surface area (Å²) < 4.78 is 5.56. The molecule has 1 amide bonds. The molecule has 1 aromatic rings. The molecule has 0 atom stereocenters. The minimum Gasteiger partial charge on any atom is -0.482 e. The van der Waals surface area contributed by atoms with Crippen LogP contribution < -0.4 is 4.74 Å². The molecule has 1 aliphatic heterocycles. The molecule has 5 nitrogen and oxygen atoms in total. The van der Waals surface area contributed by atoms with Crippen molar-refractivity contribution in [1.29, 1.82) is 0 Å². The first kappa shape index (κ1) is 16.3. The van der Waals surface area contributed by atoms with E-state index in [0.717, 1.165) is 5.56 Å². The smallest absolute Gasteiger partial charge is 0.341 e. The van der Waals surface area contributed by atoms with E-state index in [9.17, 15) is 9.59 Å². The quantitative estimate of drug-likeness (QED) is 0.489. The van der Waals surface area contributed by atoms with Gasteiger partial charge in [0.1, 0.15) is 10.1 Å². The molecule has 1 heterocycles. The second kappa shape index (κ2) is 7.24. The van der Waals surface area contributed by atoms with Gasteiger partial charge >= 0.3 is 5.97 Å². The monoisotopic (exact) mass is 335 g/mol. The van der Waals surface area contributed by atoms with Crippen molar-refractivity contribution in [1.82, 2.24) is 4.90 Å². The van der Waals surface area contributed by atoms with Crippen molar-refractivity contribution in [3.8, 4) is 5.75 Å². The lowest BCUT2D eigenvalue weighted by atomic mass is 10.2. The summed E-state index contributed by atoms with van der Waals surface area (Å²) in [6.07, 6.45) is 3.37. The number of amides is 1. The molecule has 2 rings (SSSR count). The fraction of sp³-hybridized carbons (Fsp3) is 0.133. The van der Waals surface area contributed by atoms with Crippen molar-refractivity contribution < 1.29 is 19.4 Å². The molecule has 1 fully saturated rings. The second-order valence-electron chi connectivity index (χ2n) is 4.33. The Morgan fingerprint density at radius 3 is 2.68 bits per heavy atom. The molecule has 114 valence electrons. The number of nitrogens with zero attached hydrogens (tertiary/aromatic N) is 1. The Bertz CT molecular complexity index is 652. The molecule has 7 heteroatoms. The Balaban J connectivity index is 2.09. The highest BCUT2D eigenvalue weighted by atomic mass is 32.2. The number of carboxylic acid groups (broad SMARTS) is 1. The Hall–Kier alpha value is -2.12. The average Bonchev–Trinajstić information content (AvgIpc) is 2.74. The summed E-state index contributed by atoms with van der Waals surface area (Å²) in [5, 5.41) is 8.54. The lowest BCUT2D eigenvalue weighted by Gasteiger charge is -2.10. The highest BCUT2D eigenvalue weighted by molar-refractivity contribution is 8.26. The first-order valence-corrected chi connectivity index (χ1v) is 7.54. The van der Waals surface area contributed by atoms with E-state index in [-0.39, 0.29) is 12.5 Å². The van der Waals surface area contributed by atoms with E-state index in [1.807, 2.05) is 0 Å². The number of aliphatic carboxylic acids is 1. The Morgan fingerprint density at radius 2 is 2.09 bits per heavy atom. The number of carbonyl (C=O) groups is 2. The Morgan fingerprint density at radius 1 is 1.41 bits per heavy atom. The van der Waals surface area contributed by atoms with E-state index in [1.165, 1.54) is 16.7 Å². The summed E-state index contributed by atoms with van der Waals surface area (Å²) >= 11 is 6.41. The fourth-order valence-electron chi connectivity index (χ4n) is 1.74. The van der Waals surface area contributed by atoms with Gasteiger partial charge in [-0.1, -0.05) is 42.2 Å². The molecular weight excluding hydrogens is 322 g/mol. The van der Waals surface area contributed by atoms with Gasteiger partial charge in [-0.3, -0.25) is 9.69 Å². The first-order chi connectivity index (χ1) is 10.5. The van der Waals surface area contributed by atoms with Crippen LogP contribution in [0.2, 0.25) is 0 Å². The molecule has 0 aliphatic carbocycles. The van der Waals surface area contributed by atoms with Crippen LogP contribution in [0.1, 0.15) is 5.56 Å². The van der Waals surface area contributed by atoms with Crippen LogP contribution in [0.15, 0.2) is 41.8 Å². The number of thioether (sulfide) groups is 1. The summed E-state index contributed by atoms with van der Waals surface area (Å²) in [5.41, 5.74) is 0.807. The van der Waals surface area contributed by atoms with Crippen LogP contribution in [0, 0.1) is 0 Å². The van der Waals surface area contributed by atoms with Crippen LogP contribution in [0.4, 0.5) is 0 Å². The number of thiocarbonyl (C=S) groups is 1. The predicted octanol–water partition coefficient (Wildman–Crippen LogP) is 2.54.